The lowest BCUT2D eigenvalue weighted by molar-refractivity contribution is -0.145. The van der Waals surface area contributed by atoms with E-state index in [0.29, 0.717) is 11.8 Å². The van der Waals surface area contributed by atoms with E-state index in [4.69, 9.17) is 4.74 Å². The van der Waals surface area contributed by atoms with Crippen molar-refractivity contribution < 1.29 is 22.7 Å². The lowest BCUT2D eigenvalue weighted by Crippen LogP contribution is -2.26. The van der Waals surface area contributed by atoms with Gasteiger partial charge in [-0.05, 0) is 43.2 Å². The van der Waals surface area contributed by atoms with E-state index >= 15 is 0 Å². The molecular formula is C15H15F3O2. The summed E-state index contributed by atoms with van der Waals surface area (Å²) in [5, 5.41) is 0. The quantitative estimate of drug-likeness (QED) is 0.605. The molecular weight excluding hydrogens is 269 g/mol. The SMILES string of the molecule is O=C(Oc1ccccc1C(F)(F)F)C1CC2CCC1C2. The predicted molar refractivity (Wildman–Crippen MR) is 66.0 cm³/mol. The maximum absolute atomic E-state index is 12.8. The second-order valence-electron chi connectivity index (χ2n) is 5.70. The fourth-order valence-electron chi connectivity index (χ4n) is 3.51. The molecule has 0 radical (unpaired) electrons. The molecule has 1 aromatic carbocycles. The van der Waals surface area contributed by atoms with Crippen molar-refractivity contribution in [1.29, 1.82) is 0 Å². The normalized spacial score (nSPS) is 28.6. The van der Waals surface area contributed by atoms with Crippen molar-refractivity contribution in [3.8, 4) is 5.75 Å². The maximum Gasteiger partial charge on any atom is 0.419 e. The molecule has 2 nitrogen and oxygen atoms in total. The first-order chi connectivity index (χ1) is 9.45. The molecule has 2 bridgehead atoms. The smallest absolute Gasteiger partial charge is 0.419 e. The van der Waals surface area contributed by atoms with Gasteiger partial charge in [0.1, 0.15) is 5.75 Å². The molecule has 20 heavy (non-hydrogen) atoms. The highest BCUT2D eigenvalue weighted by Crippen LogP contribution is 2.49. The molecule has 1 aromatic rings. The third kappa shape index (κ3) is 2.41. The highest BCUT2D eigenvalue weighted by molar-refractivity contribution is 5.76. The van der Waals surface area contributed by atoms with Crippen molar-refractivity contribution in [3.63, 3.8) is 0 Å². The van der Waals surface area contributed by atoms with Crippen LogP contribution in [0.15, 0.2) is 24.3 Å². The van der Waals surface area contributed by atoms with E-state index in [1.54, 1.807) is 0 Å². The summed E-state index contributed by atoms with van der Waals surface area (Å²) in [4.78, 5) is 12.1. The number of halogens is 3. The zero-order valence-corrected chi connectivity index (χ0v) is 10.8. The summed E-state index contributed by atoms with van der Waals surface area (Å²) in [6.45, 7) is 0. The van der Waals surface area contributed by atoms with Gasteiger partial charge in [0, 0.05) is 0 Å². The summed E-state index contributed by atoms with van der Waals surface area (Å²) in [6.07, 6.45) is -0.608. The number of esters is 1. The van der Waals surface area contributed by atoms with Gasteiger partial charge >= 0.3 is 12.1 Å². The van der Waals surface area contributed by atoms with Crippen molar-refractivity contribution in [2.75, 3.05) is 0 Å². The number of fused-ring (bicyclic) bond motifs is 2. The molecule has 0 aliphatic heterocycles. The number of carbonyl (C=O) groups is 1. The minimum Gasteiger partial charge on any atom is -0.426 e. The van der Waals surface area contributed by atoms with Gasteiger partial charge in [-0.1, -0.05) is 18.6 Å². The average molecular weight is 284 g/mol. The topological polar surface area (TPSA) is 26.3 Å². The van der Waals surface area contributed by atoms with Crippen LogP contribution in [0.4, 0.5) is 13.2 Å². The summed E-state index contributed by atoms with van der Waals surface area (Å²) >= 11 is 0. The first kappa shape index (κ1) is 13.5. The molecule has 2 aliphatic rings. The number of carbonyl (C=O) groups excluding carboxylic acids is 1. The molecule has 0 spiro atoms. The van der Waals surface area contributed by atoms with E-state index in [2.05, 4.69) is 0 Å². The van der Waals surface area contributed by atoms with E-state index in [1.807, 2.05) is 0 Å². The molecule has 0 amide bonds. The lowest BCUT2D eigenvalue weighted by atomic mass is 9.89. The van der Waals surface area contributed by atoms with Crippen LogP contribution in [0.3, 0.4) is 0 Å². The van der Waals surface area contributed by atoms with Crippen LogP contribution in [0.1, 0.15) is 31.2 Å². The number of ether oxygens (including phenoxy) is 1. The maximum atomic E-state index is 12.8. The Kier molecular flexibility index (Phi) is 3.22. The molecule has 3 rings (SSSR count). The number of para-hydroxylation sites is 1. The number of hydrogen-bond donors (Lipinski definition) is 0. The minimum atomic E-state index is -4.51. The molecule has 2 fully saturated rings. The number of rotatable bonds is 2. The van der Waals surface area contributed by atoms with Gasteiger partial charge in [-0.25, -0.2) is 0 Å². The van der Waals surface area contributed by atoms with Gasteiger partial charge in [-0.15, -0.1) is 0 Å². The van der Waals surface area contributed by atoms with Gasteiger partial charge in [0.05, 0.1) is 11.5 Å². The van der Waals surface area contributed by atoms with E-state index in [1.165, 1.54) is 18.2 Å². The zero-order valence-electron chi connectivity index (χ0n) is 10.8. The van der Waals surface area contributed by atoms with Crippen molar-refractivity contribution in [2.24, 2.45) is 17.8 Å². The first-order valence-corrected chi connectivity index (χ1v) is 6.83. The Morgan fingerprint density at radius 2 is 1.90 bits per heavy atom. The van der Waals surface area contributed by atoms with Crippen LogP contribution in [0.2, 0.25) is 0 Å². The molecule has 0 aromatic heterocycles. The van der Waals surface area contributed by atoms with Crippen LogP contribution >= 0.6 is 0 Å². The second kappa shape index (κ2) is 4.79. The van der Waals surface area contributed by atoms with E-state index < -0.39 is 17.7 Å². The summed E-state index contributed by atoms with van der Waals surface area (Å²) in [7, 11) is 0. The number of benzene rings is 1. The Morgan fingerprint density at radius 1 is 1.15 bits per heavy atom. The Bertz CT molecular complexity index is 524. The predicted octanol–water partition coefficient (Wildman–Crippen LogP) is 4.05. The molecule has 0 saturated heterocycles. The summed E-state index contributed by atoms with van der Waals surface area (Å²) < 4.78 is 43.6. The van der Waals surface area contributed by atoms with E-state index in [-0.39, 0.29) is 11.7 Å². The molecule has 0 heterocycles. The van der Waals surface area contributed by atoms with Gasteiger partial charge in [0.25, 0.3) is 0 Å². The highest BCUT2D eigenvalue weighted by Gasteiger charge is 2.44. The third-order valence-electron chi connectivity index (χ3n) is 4.44. The molecule has 0 N–H and O–H groups in total. The van der Waals surface area contributed by atoms with Gasteiger partial charge < -0.3 is 4.74 Å². The van der Waals surface area contributed by atoms with Gasteiger partial charge in [-0.2, -0.15) is 13.2 Å². The fourth-order valence-corrected chi connectivity index (χ4v) is 3.51. The van der Waals surface area contributed by atoms with Crippen molar-refractivity contribution >= 4 is 5.97 Å². The summed E-state index contributed by atoms with van der Waals surface area (Å²) in [6, 6.07) is 4.87. The lowest BCUT2D eigenvalue weighted by Gasteiger charge is -2.21. The van der Waals surface area contributed by atoms with Gasteiger partial charge in [0.2, 0.25) is 0 Å². The van der Waals surface area contributed by atoms with Crippen LogP contribution in [-0.2, 0) is 11.0 Å². The van der Waals surface area contributed by atoms with Crippen molar-refractivity contribution in [3.05, 3.63) is 29.8 Å². The zero-order chi connectivity index (χ0) is 14.3. The second-order valence-corrected chi connectivity index (χ2v) is 5.70. The number of alkyl halides is 3. The summed E-state index contributed by atoms with van der Waals surface area (Å²) in [5.41, 5.74) is -0.892. The van der Waals surface area contributed by atoms with Crippen LogP contribution < -0.4 is 4.74 Å². The average Bonchev–Trinajstić information content (AvgIpc) is 3.00. The fraction of sp³-hybridized carbons (Fsp3) is 0.533. The Labute approximate surface area is 114 Å². The Morgan fingerprint density at radius 3 is 2.50 bits per heavy atom. The number of hydrogen-bond acceptors (Lipinski definition) is 2. The van der Waals surface area contributed by atoms with E-state index in [0.717, 1.165) is 31.7 Å². The molecule has 108 valence electrons. The highest BCUT2D eigenvalue weighted by atomic mass is 19.4. The van der Waals surface area contributed by atoms with Crippen molar-refractivity contribution in [1.82, 2.24) is 0 Å². The minimum absolute atomic E-state index is 0.227. The molecule has 2 aliphatic carbocycles. The first-order valence-electron chi connectivity index (χ1n) is 6.83. The molecule has 3 unspecified atom stereocenters. The largest absolute Gasteiger partial charge is 0.426 e. The Balaban J connectivity index is 1.77. The van der Waals surface area contributed by atoms with E-state index in [9.17, 15) is 18.0 Å². The monoisotopic (exact) mass is 284 g/mol. The molecule has 2 saturated carbocycles. The molecule has 5 heteroatoms. The third-order valence-corrected chi connectivity index (χ3v) is 4.44. The van der Waals surface area contributed by atoms with Crippen molar-refractivity contribution in [2.45, 2.75) is 31.9 Å². The molecule has 3 atom stereocenters. The van der Waals surface area contributed by atoms with Crippen LogP contribution in [-0.4, -0.2) is 5.97 Å². The Hall–Kier alpha value is -1.52. The van der Waals surface area contributed by atoms with Gasteiger partial charge in [0.15, 0.2) is 0 Å². The van der Waals surface area contributed by atoms with Crippen LogP contribution in [0.5, 0.6) is 5.75 Å². The van der Waals surface area contributed by atoms with Gasteiger partial charge in [-0.3, -0.25) is 4.79 Å². The van der Waals surface area contributed by atoms with Crippen LogP contribution in [0, 0.1) is 17.8 Å². The standard InChI is InChI=1S/C15H15F3O2/c16-15(17,18)12-3-1-2-4-13(12)20-14(19)11-8-9-5-6-10(11)7-9/h1-4,9-11H,5-8H2. The van der Waals surface area contributed by atoms with Crippen LogP contribution in [0.25, 0.3) is 0 Å². The summed E-state index contributed by atoms with van der Waals surface area (Å²) in [5.74, 6) is -0.266.